The average Bonchev–Trinajstić information content (AvgIpc) is 3.34. The fourth-order valence-electron chi connectivity index (χ4n) is 9.09. The minimum absolute atomic E-state index is 0.0731. The first-order chi connectivity index (χ1) is 33.5. The van der Waals surface area contributed by atoms with E-state index in [-0.39, 0.29) is 31.1 Å². The predicted molar refractivity (Wildman–Crippen MR) is 293 cm³/mol. The van der Waals surface area contributed by atoms with Gasteiger partial charge in [-0.1, -0.05) is 276 Å². The number of allylic oxidation sites excluding steroid dienone is 4. The average molecular weight is 958 g/mol. The Morgan fingerprint density at radius 2 is 0.515 bits per heavy atom. The zero-order chi connectivity index (χ0) is 49.3. The second kappa shape index (κ2) is 57.5. The molecule has 0 aliphatic carbocycles. The van der Waals surface area contributed by atoms with E-state index in [1.165, 1.54) is 218 Å². The maximum absolute atomic E-state index is 12.8. The van der Waals surface area contributed by atoms with Crippen LogP contribution in [0.1, 0.15) is 335 Å². The van der Waals surface area contributed by atoms with E-state index in [0.717, 1.165) is 77.0 Å². The molecule has 0 aromatic heterocycles. The third-order valence-corrected chi connectivity index (χ3v) is 13.7. The molecule has 0 N–H and O–H groups in total. The van der Waals surface area contributed by atoms with Gasteiger partial charge >= 0.3 is 17.9 Å². The molecule has 0 saturated carbocycles. The maximum Gasteiger partial charge on any atom is 0.306 e. The summed E-state index contributed by atoms with van der Waals surface area (Å²) in [5.41, 5.74) is 0. The van der Waals surface area contributed by atoms with Gasteiger partial charge in [0.1, 0.15) is 13.2 Å². The molecule has 0 aromatic rings. The molecular weight excluding hydrogens is 841 g/mol. The smallest absolute Gasteiger partial charge is 0.306 e. The van der Waals surface area contributed by atoms with Gasteiger partial charge in [-0.3, -0.25) is 14.4 Å². The molecule has 0 spiro atoms. The van der Waals surface area contributed by atoms with Gasteiger partial charge in [0.05, 0.1) is 0 Å². The van der Waals surface area contributed by atoms with E-state index in [2.05, 4.69) is 45.1 Å². The maximum atomic E-state index is 12.8. The van der Waals surface area contributed by atoms with Crippen LogP contribution in [0, 0.1) is 0 Å². The van der Waals surface area contributed by atoms with Gasteiger partial charge in [0, 0.05) is 19.3 Å². The van der Waals surface area contributed by atoms with Crippen molar-refractivity contribution in [2.24, 2.45) is 0 Å². The molecule has 0 amide bonds. The molecule has 0 aliphatic heterocycles. The van der Waals surface area contributed by atoms with E-state index in [1.807, 2.05) is 0 Å². The van der Waals surface area contributed by atoms with Crippen molar-refractivity contribution in [1.29, 1.82) is 0 Å². The van der Waals surface area contributed by atoms with Gasteiger partial charge in [0.2, 0.25) is 0 Å². The highest BCUT2D eigenvalue weighted by Crippen LogP contribution is 2.18. The minimum atomic E-state index is -0.775. The summed E-state index contributed by atoms with van der Waals surface area (Å²) < 4.78 is 16.8. The van der Waals surface area contributed by atoms with Crippen molar-refractivity contribution in [3.63, 3.8) is 0 Å². The monoisotopic (exact) mass is 957 g/mol. The lowest BCUT2D eigenvalue weighted by Gasteiger charge is -2.18. The van der Waals surface area contributed by atoms with Gasteiger partial charge in [-0.05, 0) is 64.2 Å². The van der Waals surface area contributed by atoms with Gasteiger partial charge in [-0.2, -0.15) is 0 Å². The van der Waals surface area contributed by atoms with Gasteiger partial charge in [0.25, 0.3) is 0 Å². The summed E-state index contributed by atoms with van der Waals surface area (Å²) in [5.74, 6) is -0.874. The first-order valence-corrected chi connectivity index (χ1v) is 30.3. The molecule has 0 radical (unpaired) electrons. The fraction of sp³-hybridized carbons (Fsp3) is 0.887. The number of hydrogen-bond acceptors (Lipinski definition) is 6. The van der Waals surface area contributed by atoms with Gasteiger partial charge in [-0.15, -0.1) is 0 Å². The van der Waals surface area contributed by atoms with Crippen molar-refractivity contribution in [3.05, 3.63) is 24.3 Å². The molecule has 6 nitrogen and oxygen atoms in total. The summed E-state index contributed by atoms with van der Waals surface area (Å²) in [6.07, 6.45) is 67.7. The molecule has 0 fully saturated rings. The first kappa shape index (κ1) is 65.9. The lowest BCUT2D eigenvalue weighted by atomic mass is 10.0. The Hall–Kier alpha value is -2.11. The zero-order valence-electron chi connectivity index (χ0n) is 45.9. The van der Waals surface area contributed by atoms with Crippen LogP contribution >= 0.6 is 0 Å². The first-order valence-electron chi connectivity index (χ1n) is 30.3. The molecule has 0 heterocycles. The number of carbonyl (C=O) groups excluding carboxylic acids is 3. The van der Waals surface area contributed by atoms with Crippen molar-refractivity contribution in [2.45, 2.75) is 341 Å². The standard InChI is InChI=1S/C62H116O6/c1-4-7-10-13-16-19-22-24-26-27-28-29-30-31-32-33-34-35-36-37-39-40-43-46-49-52-55-61(64)67-58-59(57-66-60(63)54-51-48-45-42-21-18-15-12-9-6-3)68-62(65)56-53-50-47-44-41-38-25-23-20-17-14-11-8-5-2/h12,15,23,25,59H,4-11,13-14,16-22,24,26-58H2,1-3H3/b15-12-,25-23-. The Balaban J connectivity index is 4.13. The Kier molecular flexibility index (Phi) is 55.7. The second-order valence-electron chi connectivity index (χ2n) is 20.6. The van der Waals surface area contributed by atoms with Crippen molar-refractivity contribution in [1.82, 2.24) is 0 Å². The Bertz CT molecular complexity index is 1100. The molecule has 0 saturated heterocycles. The predicted octanol–water partition coefficient (Wildman–Crippen LogP) is 20.3. The summed E-state index contributed by atoms with van der Waals surface area (Å²) in [6.45, 7) is 6.60. The lowest BCUT2D eigenvalue weighted by molar-refractivity contribution is -0.167. The van der Waals surface area contributed by atoms with Crippen molar-refractivity contribution < 1.29 is 28.6 Å². The van der Waals surface area contributed by atoms with Gasteiger partial charge in [0.15, 0.2) is 6.10 Å². The third kappa shape index (κ3) is 54.8. The number of rotatable bonds is 56. The quantitative estimate of drug-likeness (QED) is 0.0262. The van der Waals surface area contributed by atoms with E-state index < -0.39 is 6.10 Å². The van der Waals surface area contributed by atoms with Gasteiger partial charge in [-0.25, -0.2) is 0 Å². The molecule has 68 heavy (non-hydrogen) atoms. The summed E-state index contributed by atoms with van der Waals surface area (Å²) >= 11 is 0. The molecule has 0 rings (SSSR count). The molecular formula is C62H116O6. The topological polar surface area (TPSA) is 78.9 Å². The Morgan fingerprint density at radius 3 is 0.794 bits per heavy atom. The molecule has 400 valence electrons. The number of unbranched alkanes of at least 4 members (excludes halogenated alkanes) is 41. The highest BCUT2D eigenvalue weighted by atomic mass is 16.6. The summed E-state index contributed by atoms with van der Waals surface area (Å²) in [6, 6.07) is 0. The van der Waals surface area contributed by atoms with Crippen LogP contribution in [0.3, 0.4) is 0 Å². The van der Waals surface area contributed by atoms with Crippen LogP contribution in [0.15, 0.2) is 24.3 Å². The fourth-order valence-corrected chi connectivity index (χ4v) is 9.09. The summed E-state index contributed by atoms with van der Waals surface area (Å²) in [4.78, 5) is 38.1. The normalized spacial score (nSPS) is 12.1. The summed E-state index contributed by atoms with van der Waals surface area (Å²) in [5, 5.41) is 0. The van der Waals surface area contributed by atoms with Crippen LogP contribution in [0.4, 0.5) is 0 Å². The number of ether oxygens (including phenoxy) is 3. The molecule has 0 bridgehead atoms. The molecule has 0 aliphatic rings. The van der Waals surface area contributed by atoms with E-state index in [1.54, 1.807) is 0 Å². The molecule has 0 aromatic carbocycles. The van der Waals surface area contributed by atoms with Crippen LogP contribution in [0.5, 0.6) is 0 Å². The van der Waals surface area contributed by atoms with Crippen molar-refractivity contribution in [3.8, 4) is 0 Å². The zero-order valence-corrected chi connectivity index (χ0v) is 45.9. The molecule has 6 heteroatoms. The van der Waals surface area contributed by atoms with Crippen LogP contribution in [0.2, 0.25) is 0 Å². The SMILES string of the molecule is CCC/C=C\CCCCCCCC(=O)OCC(COC(=O)CCCCCCCCCCCCCCCCCCCCCCCCCCCC)OC(=O)CCCCCCC/C=C\CCCCCCC. The Labute approximate surface area is 423 Å². The van der Waals surface area contributed by atoms with Crippen LogP contribution in [-0.4, -0.2) is 37.2 Å². The summed E-state index contributed by atoms with van der Waals surface area (Å²) in [7, 11) is 0. The molecule has 1 atom stereocenters. The van der Waals surface area contributed by atoms with Crippen LogP contribution in [-0.2, 0) is 28.6 Å². The van der Waals surface area contributed by atoms with E-state index in [0.29, 0.717) is 19.3 Å². The van der Waals surface area contributed by atoms with E-state index in [4.69, 9.17) is 14.2 Å². The number of esters is 3. The lowest BCUT2D eigenvalue weighted by Crippen LogP contribution is -2.30. The van der Waals surface area contributed by atoms with E-state index >= 15 is 0 Å². The number of carbonyl (C=O) groups is 3. The molecule has 1 unspecified atom stereocenters. The third-order valence-electron chi connectivity index (χ3n) is 13.7. The van der Waals surface area contributed by atoms with Crippen LogP contribution in [0.25, 0.3) is 0 Å². The highest BCUT2D eigenvalue weighted by Gasteiger charge is 2.19. The second-order valence-corrected chi connectivity index (χ2v) is 20.6. The largest absolute Gasteiger partial charge is 0.462 e. The van der Waals surface area contributed by atoms with Gasteiger partial charge < -0.3 is 14.2 Å². The van der Waals surface area contributed by atoms with Crippen molar-refractivity contribution >= 4 is 17.9 Å². The highest BCUT2D eigenvalue weighted by molar-refractivity contribution is 5.71. The van der Waals surface area contributed by atoms with Crippen molar-refractivity contribution in [2.75, 3.05) is 13.2 Å². The minimum Gasteiger partial charge on any atom is -0.462 e. The van der Waals surface area contributed by atoms with Crippen LogP contribution < -0.4 is 0 Å². The van der Waals surface area contributed by atoms with E-state index in [9.17, 15) is 14.4 Å². The number of hydrogen-bond donors (Lipinski definition) is 0. The Morgan fingerprint density at radius 1 is 0.279 bits per heavy atom.